The van der Waals surface area contributed by atoms with E-state index in [1.807, 2.05) is 18.2 Å². The second kappa shape index (κ2) is 5.04. The number of para-hydroxylation sites is 1. The molecular formula is C19H13N3O3. The standard InChI is InChI=1S/C19H13N3O3/c23-18-6-12(13-5-10-8-20-22-15(10)7-16(13)21-18)14-9-25-17-4-2-1-3-11(17)19(14)24/h1-5,7-9,12H,6H2,(H,20,22)(H,21,23). The van der Waals surface area contributed by atoms with Crippen molar-refractivity contribution in [2.75, 3.05) is 5.32 Å². The van der Waals surface area contributed by atoms with E-state index in [-0.39, 0.29) is 23.7 Å². The molecule has 1 aliphatic rings. The Bertz CT molecular complexity index is 1210. The lowest BCUT2D eigenvalue weighted by atomic mass is 9.84. The van der Waals surface area contributed by atoms with Crippen molar-refractivity contribution in [3.05, 3.63) is 70.2 Å². The molecule has 0 fully saturated rings. The maximum atomic E-state index is 12.9. The number of hydrogen-bond donors (Lipinski definition) is 2. The van der Waals surface area contributed by atoms with Gasteiger partial charge in [0, 0.05) is 29.0 Å². The van der Waals surface area contributed by atoms with Gasteiger partial charge in [0.2, 0.25) is 5.91 Å². The van der Waals surface area contributed by atoms with Crippen LogP contribution in [0.25, 0.3) is 21.9 Å². The van der Waals surface area contributed by atoms with Gasteiger partial charge in [-0.2, -0.15) is 5.10 Å². The van der Waals surface area contributed by atoms with E-state index in [9.17, 15) is 9.59 Å². The summed E-state index contributed by atoms with van der Waals surface area (Å²) in [4.78, 5) is 25.1. The smallest absolute Gasteiger partial charge is 0.225 e. The van der Waals surface area contributed by atoms with E-state index in [1.54, 1.807) is 24.4 Å². The molecule has 0 saturated carbocycles. The number of aromatic nitrogens is 2. The van der Waals surface area contributed by atoms with Crippen molar-refractivity contribution >= 4 is 33.5 Å². The van der Waals surface area contributed by atoms with Crippen LogP contribution < -0.4 is 10.7 Å². The number of H-pyrrole nitrogens is 1. The minimum absolute atomic E-state index is 0.0974. The Hall–Kier alpha value is -3.41. The van der Waals surface area contributed by atoms with Crippen molar-refractivity contribution in [3.8, 4) is 0 Å². The van der Waals surface area contributed by atoms with E-state index in [2.05, 4.69) is 15.5 Å². The summed E-state index contributed by atoms with van der Waals surface area (Å²) in [5.74, 6) is -0.465. The summed E-state index contributed by atoms with van der Waals surface area (Å²) in [6, 6.07) is 11.0. The van der Waals surface area contributed by atoms with Crippen LogP contribution in [0.5, 0.6) is 0 Å². The van der Waals surface area contributed by atoms with Crippen LogP contribution in [-0.4, -0.2) is 16.1 Å². The number of benzene rings is 2. The third-order valence-electron chi connectivity index (χ3n) is 4.73. The number of carbonyl (C=O) groups is 1. The van der Waals surface area contributed by atoms with Crippen molar-refractivity contribution in [3.63, 3.8) is 0 Å². The molecule has 25 heavy (non-hydrogen) atoms. The van der Waals surface area contributed by atoms with Crippen molar-refractivity contribution in [1.29, 1.82) is 0 Å². The Morgan fingerprint density at radius 2 is 2.00 bits per heavy atom. The van der Waals surface area contributed by atoms with Gasteiger partial charge >= 0.3 is 0 Å². The van der Waals surface area contributed by atoms with E-state index >= 15 is 0 Å². The fourth-order valence-electron chi connectivity index (χ4n) is 3.51. The first-order chi connectivity index (χ1) is 12.2. The molecule has 2 N–H and O–H groups in total. The number of hydrogen-bond acceptors (Lipinski definition) is 4. The molecule has 1 aliphatic heterocycles. The van der Waals surface area contributed by atoms with Crippen LogP contribution in [0.3, 0.4) is 0 Å². The van der Waals surface area contributed by atoms with Gasteiger partial charge in [-0.25, -0.2) is 0 Å². The highest BCUT2D eigenvalue weighted by Crippen LogP contribution is 2.38. The Morgan fingerprint density at radius 3 is 2.92 bits per heavy atom. The molecule has 6 nitrogen and oxygen atoms in total. The zero-order valence-electron chi connectivity index (χ0n) is 13.1. The Morgan fingerprint density at radius 1 is 1.12 bits per heavy atom. The Balaban J connectivity index is 1.76. The van der Waals surface area contributed by atoms with Crippen molar-refractivity contribution in [2.24, 2.45) is 0 Å². The van der Waals surface area contributed by atoms with Crippen LogP contribution in [0.15, 0.2) is 58.1 Å². The molecule has 0 saturated heterocycles. The third-order valence-corrected chi connectivity index (χ3v) is 4.73. The number of carbonyl (C=O) groups excluding carboxylic acids is 1. The van der Waals surface area contributed by atoms with Crippen LogP contribution in [0.4, 0.5) is 5.69 Å². The zero-order chi connectivity index (χ0) is 17.0. The lowest BCUT2D eigenvalue weighted by Gasteiger charge is -2.25. The topological polar surface area (TPSA) is 88.0 Å². The lowest BCUT2D eigenvalue weighted by molar-refractivity contribution is -0.116. The molecule has 1 amide bonds. The molecule has 0 bridgehead atoms. The van der Waals surface area contributed by atoms with Gasteiger partial charge in [-0.05, 0) is 29.8 Å². The fourth-order valence-corrected chi connectivity index (χ4v) is 3.51. The molecule has 5 rings (SSSR count). The van der Waals surface area contributed by atoms with Crippen LogP contribution in [0, 0.1) is 0 Å². The summed E-state index contributed by atoms with van der Waals surface area (Å²) < 4.78 is 5.65. The first kappa shape index (κ1) is 14.0. The Labute approximate surface area is 141 Å². The molecule has 0 spiro atoms. The predicted molar refractivity (Wildman–Crippen MR) is 93.7 cm³/mol. The van der Waals surface area contributed by atoms with Gasteiger partial charge in [0.05, 0.1) is 23.4 Å². The van der Waals surface area contributed by atoms with Crippen molar-refractivity contribution in [1.82, 2.24) is 10.2 Å². The minimum Gasteiger partial charge on any atom is -0.464 e. The summed E-state index contributed by atoms with van der Waals surface area (Å²) in [5.41, 5.74) is 3.38. The van der Waals surface area contributed by atoms with Crippen LogP contribution in [0.1, 0.15) is 23.5 Å². The van der Waals surface area contributed by atoms with Gasteiger partial charge in [0.25, 0.3) is 0 Å². The fraction of sp³-hybridized carbons (Fsp3) is 0.105. The highest BCUT2D eigenvalue weighted by Gasteiger charge is 2.29. The Kier molecular flexibility index (Phi) is 2.82. The SMILES string of the molecule is O=C1CC(c2coc3ccccc3c2=O)c2cc3cn[nH]c3cc2N1. The zero-order valence-corrected chi connectivity index (χ0v) is 13.1. The summed E-state index contributed by atoms with van der Waals surface area (Å²) >= 11 is 0. The first-order valence-corrected chi connectivity index (χ1v) is 7.98. The molecule has 0 radical (unpaired) electrons. The third kappa shape index (κ3) is 2.07. The molecule has 6 heteroatoms. The van der Waals surface area contributed by atoms with Crippen LogP contribution in [0.2, 0.25) is 0 Å². The molecular weight excluding hydrogens is 318 g/mol. The van der Waals surface area contributed by atoms with Crippen molar-refractivity contribution < 1.29 is 9.21 Å². The molecule has 122 valence electrons. The van der Waals surface area contributed by atoms with Gasteiger partial charge in [-0.15, -0.1) is 0 Å². The minimum atomic E-state index is -0.344. The van der Waals surface area contributed by atoms with Gasteiger partial charge < -0.3 is 9.73 Å². The van der Waals surface area contributed by atoms with E-state index < -0.39 is 0 Å². The average molecular weight is 331 g/mol. The molecule has 2 aromatic heterocycles. The molecule has 0 aliphatic carbocycles. The number of nitrogens with one attached hydrogen (secondary N) is 2. The number of amides is 1. The normalized spacial score (nSPS) is 16.8. The highest BCUT2D eigenvalue weighted by atomic mass is 16.3. The summed E-state index contributed by atoms with van der Waals surface area (Å²) in [6.45, 7) is 0. The van der Waals surface area contributed by atoms with Gasteiger partial charge in [0.15, 0.2) is 5.43 Å². The highest BCUT2D eigenvalue weighted by molar-refractivity contribution is 5.98. The predicted octanol–water partition coefficient (Wildman–Crippen LogP) is 3.14. The molecule has 1 atom stereocenters. The summed E-state index contributed by atoms with van der Waals surface area (Å²) in [5, 5.41) is 11.3. The van der Waals surface area contributed by atoms with Gasteiger partial charge in [0.1, 0.15) is 5.58 Å². The number of anilines is 1. The van der Waals surface area contributed by atoms with E-state index in [0.29, 0.717) is 22.2 Å². The quantitative estimate of drug-likeness (QED) is 0.561. The van der Waals surface area contributed by atoms with E-state index in [4.69, 9.17) is 4.42 Å². The van der Waals surface area contributed by atoms with E-state index in [1.165, 1.54) is 6.26 Å². The lowest BCUT2D eigenvalue weighted by Crippen LogP contribution is -2.26. The first-order valence-electron chi connectivity index (χ1n) is 7.98. The molecule has 1 unspecified atom stereocenters. The van der Waals surface area contributed by atoms with Crippen molar-refractivity contribution in [2.45, 2.75) is 12.3 Å². The largest absolute Gasteiger partial charge is 0.464 e. The van der Waals surface area contributed by atoms with E-state index in [0.717, 1.165) is 16.5 Å². The molecule has 4 aromatic rings. The molecule has 2 aromatic carbocycles. The van der Waals surface area contributed by atoms with Crippen LogP contribution in [-0.2, 0) is 4.79 Å². The number of rotatable bonds is 1. The number of nitrogens with zero attached hydrogens (tertiary/aromatic N) is 1. The summed E-state index contributed by atoms with van der Waals surface area (Å²) in [6.07, 6.45) is 3.42. The second-order valence-corrected chi connectivity index (χ2v) is 6.22. The van der Waals surface area contributed by atoms with Gasteiger partial charge in [-0.3, -0.25) is 14.7 Å². The van der Waals surface area contributed by atoms with Crippen LogP contribution >= 0.6 is 0 Å². The number of aromatic amines is 1. The molecule has 3 heterocycles. The second-order valence-electron chi connectivity index (χ2n) is 6.22. The summed E-state index contributed by atoms with van der Waals surface area (Å²) in [7, 11) is 0. The maximum absolute atomic E-state index is 12.9. The average Bonchev–Trinajstić information content (AvgIpc) is 3.07. The number of fused-ring (bicyclic) bond motifs is 3. The van der Waals surface area contributed by atoms with Gasteiger partial charge in [-0.1, -0.05) is 12.1 Å². The monoisotopic (exact) mass is 331 g/mol. The maximum Gasteiger partial charge on any atom is 0.225 e.